The third-order valence-corrected chi connectivity index (χ3v) is 3.42. The number of nitrogens with zero attached hydrogens (tertiary/aromatic N) is 2. The second kappa shape index (κ2) is 6.13. The minimum atomic E-state index is -1.23. The van der Waals surface area contributed by atoms with Gasteiger partial charge in [-0.25, -0.2) is 4.39 Å². The number of carbonyl (C=O) groups excluding carboxylic acids is 1. The van der Waals surface area contributed by atoms with Crippen molar-refractivity contribution in [1.29, 1.82) is 0 Å². The lowest BCUT2D eigenvalue weighted by Crippen LogP contribution is -2.48. The minimum Gasteiger partial charge on any atom is -0.377 e. The number of halogens is 2. The van der Waals surface area contributed by atoms with Crippen LogP contribution in [-0.2, 0) is 4.74 Å². The van der Waals surface area contributed by atoms with Gasteiger partial charge in [0, 0.05) is 6.54 Å². The molecule has 1 aromatic carbocycles. The van der Waals surface area contributed by atoms with E-state index >= 15 is 0 Å². The second-order valence-corrected chi connectivity index (χ2v) is 4.68. The summed E-state index contributed by atoms with van der Waals surface area (Å²) in [6, 6.07) is 0.797. The van der Waals surface area contributed by atoms with Gasteiger partial charge in [-0.2, -0.15) is 4.39 Å². The Morgan fingerprint density at radius 3 is 2.81 bits per heavy atom. The Labute approximate surface area is 119 Å². The smallest absolute Gasteiger partial charge is 0.307 e. The molecule has 1 unspecified atom stereocenters. The zero-order chi connectivity index (χ0) is 15.6. The van der Waals surface area contributed by atoms with Crippen LogP contribution in [0, 0.1) is 21.7 Å². The van der Waals surface area contributed by atoms with Crippen LogP contribution in [0.3, 0.4) is 0 Å². The lowest BCUT2D eigenvalue weighted by molar-refractivity contribution is -0.387. The Balaban J connectivity index is 2.34. The van der Waals surface area contributed by atoms with Gasteiger partial charge in [0.05, 0.1) is 35.8 Å². The molecule has 1 fully saturated rings. The summed E-state index contributed by atoms with van der Waals surface area (Å²) in [5.41, 5.74) is -1.49. The van der Waals surface area contributed by atoms with Crippen molar-refractivity contribution < 1.29 is 23.2 Å². The first kappa shape index (κ1) is 15.3. The Morgan fingerprint density at radius 1 is 1.48 bits per heavy atom. The first-order chi connectivity index (χ1) is 9.95. The summed E-state index contributed by atoms with van der Waals surface area (Å²) in [7, 11) is 0. The van der Waals surface area contributed by atoms with Crippen molar-refractivity contribution in [2.45, 2.75) is 19.4 Å². The van der Waals surface area contributed by atoms with Crippen LogP contribution in [0.4, 0.5) is 14.5 Å². The quantitative estimate of drug-likeness (QED) is 0.633. The van der Waals surface area contributed by atoms with Crippen LogP contribution in [0.25, 0.3) is 0 Å². The van der Waals surface area contributed by atoms with Gasteiger partial charge in [-0.1, -0.05) is 6.92 Å². The number of nitro benzene ring substituents is 1. The first-order valence-corrected chi connectivity index (χ1v) is 6.47. The molecule has 2 rings (SSSR count). The third kappa shape index (κ3) is 2.99. The zero-order valence-corrected chi connectivity index (χ0v) is 11.3. The zero-order valence-electron chi connectivity index (χ0n) is 11.3. The Bertz CT molecular complexity index is 580. The molecule has 0 saturated carbocycles. The average molecular weight is 300 g/mol. The third-order valence-electron chi connectivity index (χ3n) is 3.42. The maximum absolute atomic E-state index is 13.9. The van der Waals surface area contributed by atoms with E-state index in [-0.39, 0.29) is 12.6 Å². The summed E-state index contributed by atoms with van der Waals surface area (Å²) < 4.78 is 32.7. The fourth-order valence-corrected chi connectivity index (χ4v) is 2.26. The molecule has 1 aromatic rings. The average Bonchev–Trinajstić information content (AvgIpc) is 2.48. The number of amides is 1. The molecule has 0 bridgehead atoms. The summed E-state index contributed by atoms with van der Waals surface area (Å²) >= 11 is 0. The first-order valence-electron chi connectivity index (χ1n) is 6.47. The van der Waals surface area contributed by atoms with E-state index in [4.69, 9.17) is 4.74 Å². The molecule has 114 valence electrons. The number of ether oxygens (including phenoxy) is 1. The Morgan fingerprint density at radius 2 is 2.19 bits per heavy atom. The van der Waals surface area contributed by atoms with Crippen LogP contribution < -0.4 is 0 Å². The standard InChI is InChI=1S/C13H14F2N2O4/c1-2-8-7-21-4-3-16(8)13(18)9-5-11(15)12(17(19)20)6-10(9)14/h5-6,8H,2-4,7H2,1H3. The lowest BCUT2D eigenvalue weighted by Gasteiger charge is -2.35. The van der Waals surface area contributed by atoms with E-state index < -0.39 is 33.7 Å². The highest BCUT2D eigenvalue weighted by Gasteiger charge is 2.30. The molecule has 1 atom stereocenters. The van der Waals surface area contributed by atoms with Gasteiger partial charge in [-0.15, -0.1) is 0 Å². The van der Waals surface area contributed by atoms with Gasteiger partial charge in [0.2, 0.25) is 5.82 Å². The Hall–Kier alpha value is -2.09. The molecule has 1 saturated heterocycles. The molecule has 1 heterocycles. The van der Waals surface area contributed by atoms with Crippen molar-refractivity contribution in [2.75, 3.05) is 19.8 Å². The predicted octanol–water partition coefficient (Wildman–Crippen LogP) is 2.12. The highest BCUT2D eigenvalue weighted by atomic mass is 19.1. The van der Waals surface area contributed by atoms with E-state index in [2.05, 4.69) is 0 Å². The maximum atomic E-state index is 13.9. The van der Waals surface area contributed by atoms with Gasteiger partial charge in [0.25, 0.3) is 5.91 Å². The number of nitro groups is 1. The molecule has 0 N–H and O–H groups in total. The SMILES string of the molecule is CCC1COCCN1C(=O)c1cc(F)c([N+](=O)[O-])cc1F. The van der Waals surface area contributed by atoms with E-state index in [9.17, 15) is 23.7 Å². The number of rotatable bonds is 3. The van der Waals surface area contributed by atoms with Crippen molar-refractivity contribution in [3.63, 3.8) is 0 Å². The number of hydrogen-bond acceptors (Lipinski definition) is 4. The van der Waals surface area contributed by atoms with Crippen molar-refractivity contribution >= 4 is 11.6 Å². The summed E-state index contributed by atoms with van der Waals surface area (Å²) in [5.74, 6) is -3.02. The fraction of sp³-hybridized carbons (Fsp3) is 0.462. The molecule has 0 radical (unpaired) electrons. The molecule has 8 heteroatoms. The van der Waals surface area contributed by atoms with Crippen LogP contribution in [0.15, 0.2) is 12.1 Å². The summed E-state index contributed by atoms with van der Waals surface area (Å²) in [4.78, 5) is 23.2. The van der Waals surface area contributed by atoms with Gasteiger partial charge in [0.15, 0.2) is 0 Å². The highest BCUT2D eigenvalue weighted by Crippen LogP contribution is 2.24. The molecular weight excluding hydrogens is 286 g/mol. The molecule has 1 aliphatic rings. The van der Waals surface area contributed by atoms with E-state index in [0.29, 0.717) is 31.8 Å². The summed E-state index contributed by atoms with van der Waals surface area (Å²) in [5, 5.41) is 10.5. The van der Waals surface area contributed by atoms with E-state index in [1.165, 1.54) is 4.90 Å². The van der Waals surface area contributed by atoms with Crippen LogP contribution in [0.1, 0.15) is 23.7 Å². The minimum absolute atomic E-state index is 0.219. The van der Waals surface area contributed by atoms with Gasteiger partial charge in [-0.3, -0.25) is 14.9 Å². The van der Waals surface area contributed by atoms with E-state index in [1.807, 2.05) is 6.92 Å². The fourth-order valence-electron chi connectivity index (χ4n) is 2.26. The Kier molecular flexibility index (Phi) is 4.46. The van der Waals surface area contributed by atoms with Gasteiger partial charge in [0.1, 0.15) is 5.82 Å². The molecule has 6 nitrogen and oxygen atoms in total. The molecule has 0 aliphatic carbocycles. The van der Waals surface area contributed by atoms with E-state index in [0.717, 1.165) is 0 Å². The van der Waals surface area contributed by atoms with Crippen molar-refractivity contribution in [3.05, 3.63) is 39.4 Å². The lowest BCUT2D eigenvalue weighted by atomic mass is 10.1. The molecule has 1 aliphatic heterocycles. The molecule has 0 aromatic heterocycles. The molecule has 21 heavy (non-hydrogen) atoms. The van der Waals surface area contributed by atoms with Crippen molar-refractivity contribution in [3.8, 4) is 0 Å². The highest BCUT2D eigenvalue weighted by molar-refractivity contribution is 5.95. The monoisotopic (exact) mass is 300 g/mol. The van der Waals surface area contributed by atoms with Crippen LogP contribution >= 0.6 is 0 Å². The van der Waals surface area contributed by atoms with Crippen molar-refractivity contribution in [2.24, 2.45) is 0 Å². The largest absolute Gasteiger partial charge is 0.377 e. The van der Waals surface area contributed by atoms with Crippen molar-refractivity contribution in [1.82, 2.24) is 4.90 Å². The number of benzene rings is 1. The maximum Gasteiger partial charge on any atom is 0.307 e. The van der Waals surface area contributed by atoms with Gasteiger partial charge < -0.3 is 9.64 Å². The van der Waals surface area contributed by atoms with Gasteiger partial charge >= 0.3 is 5.69 Å². The van der Waals surface area contributed by atoms with Gasteiger partial charge in [-0.05, 0) is 12.5 Å². The topological polar surface area (TPSA) is 72.7 Å². The molecule has 1 amide bonds. The normalized spacial score (nSPS) is 18.6. The number of hydrogen-bond donors (Lipinski definition) is 0. The summed E-state index contributed by atoms with van der Waals surface area (Å²) in [6.07, 6.45) is 0.614. The summed E-state index contributed by atoms with van der Waals surface area (Å²) in [6.45, 7) is 2.78. The van der Waals surface area contributed by atoms with Crippen LogP contribution in [0.5, 0.6) is 0 Å². The second-order valence-electron chi connectivity index (χ2n) is 4.68. The van der Waals surface area contributed by atoms with E-state index in [1.54, 1.807) is 0 Å². The number of morpholine rings is 1. The van der Waals surface area contributed by atoms with Crippen LogP contribution in [-0.4, -0.2) is 41.5 Å². The predicted molar refractivity (Wildman–Crippen MR) is 68.9 cm³/mol. The molecular formula is C13H14F2N2O4. The molecule has 0 spiro atoms. The number of carbonyl (C=O) groups is 1. The van der Waals surface area contributed by atoms with Crippen LogP contribution in [0.2, 0.25) is 0 Å².